The second-order valence-corrected chi connectivity index (χ2v) is 5.35. The molecule has 1 aliphatic rings. The van der Waals surface area contributed by atoms with Crippen molar-refractivity contribution in [3.63, 3.8) is 0 Å². The highest BCUT2D eigenvalue weighted by Crippen LogP contribution is 2.27. The lowest BCUT2D eigenvalue weighted by Crippen LogP contribution is -2.45. The van der Waals surface area contributed by atoms with E-state index in [0.717, 1.165) is 38.2 Å². The highest BCUT2D eigenvalue weighted by atomic mass is 19.1. The molecule has 2 nitrogen and oxygen atoms in total. The van der Waals surface area contributed by atoms with Gasteiger partial charge in [0, 0.05) is 32.2 Å². The number of rotatable bonds is 6. The molecule has 19 heavy (non-hydrogen) atoms. The third kappa shape index (κ3) is 4.29. The van der Waals surface area contributed by atoms with Gasteiger partial charge >= 0.3 is 0 Å². The van der Waals surface area contributed by atoms with Crippen molar-refractivity contribution in [2.45, 2.75) is 38.6 Å². The summed E-state index contributed by atoms with van der Waals surface area (Å²) in [5.74, 6) is -0.117. The maximum atomic E-state index is 13.5. The number of piperazine rings is 1. The maximum absolute atomic E-state index is 13.5. The Morgan fingerprint density at radius 3 is 2.74 bits per heavy atom. The molecule has 106 valence electrons. The molecule has 1 aliphatic heterocycles. The van der Waals surface area contributed by atoms with Crippen LogP contribution in [0.4, 0.5) is 4.39 Å². The lowest BCUT2D eigenvalue weighted by Gasteiger charge is -2.35. The van der Waals surface area contributed by atoms with Gasteiger partial charge in [0.1, 0.15) is 5.82 Å². The molecule has 1 atom stereocenters. The van der Waals surface area contributed by atoms with Crippen molar-refractivity contribution in [1.82, 2.24) is 10.2 Å². The monoisotopic (exact) mass is 264 g/mol. The summed E-state index contributed by atoms with van der Waals surface area (Å²) in [6.07, 6.45) is 4.86. The van der Waals surface area contributed by atoms with Crippen molar-refractivity contribution in [3.8, 4) is 0 Å². The van der Waals surface area contributed by atoms with Gasteiger partial charge in [-0.3, -0.25) is 4.90 Å². The van der Waals surface area contributed by atoms with Crippen LogP contribution in [0.25, 0.3) is 0 Å². The van der Waals surface area contributed by atoms with Crippen molar-refractivity contribution in [2.75, 3.05) is 26.2 Å². The van der Waals surface area contributed by atoms with Gasteiger partial charge in [-0.25, -0.2) is 4.39 Å². The fourth-order valence-corrected chi connectivity index (χ4v) is 2.86. The molecule has 1 heterocycles. The van der Waals surface area contributed by atoms with Crippen LogP contribution in [0.1, 0.15) is 44.2 Å². The lowest BCUT2D eigenvalue weighted by atomic mass is 9.98. The Balaban J connectivity index is 2.08. The van der Waals surface area contributed by atoms with Crippen LogP contribution in [0.5, 0.6) is 0 Å². The predicted molar refractivity (Wildman–Crippen MR) is 77.7 cm³/mol. The van der Waals surface area contributed by atoms with Crippen molar-refractivity contribution in [3.05, 3.63) is 35.6 Å². The summed E-state index contributed by atoms with van der Waals surface area (Å²) in [7, 11) is 0. The van der Waals surface area contributed by atoms with Gasteiger partial charge in [-0.15, -0.1) is 0 Å². The summed E-state index contributed by atoms with van der Waals surface area (Å²) in [6.45, 7) is 6.43. The van der Waals surface area contributed by atoms with Crippen LogP contribution < -0.4 is 5.32 Å². The minimum atomic E-state index is -0.117. The van der Waals surface area contributed by atoms with Crippen molar-refractivity contribution in [2.24, 2.45) is 0 Å². The van der Waals surface area contributed by atoms with Gasteiger partial charge in [-0.1, -0.05) is 38.3 Å². The zero-order valence-electron chi connectivity index (χ0n) is 11.9. The topological polar surface area (TPSA) is 15.3 Å². The van der Waals surface area contributed by atoms with Gasteiger partial charge < -0.3 is 5.32 Å². The van der Waals surface area contributed by atoms with E-state index in [1.807, 2.05) is 6.07 Å². The molecular weight excluding hydrogens is 239 g/mol. The minimum absolute atomic E-state index is 0.117. The first-order valence-corrected chi connectivity index (χ1v) is 7.51. The Labute approximate surface area is 116 Å². The van der Waals surface area contributed by atoms with E-state index in [0.29, 0.717) is 6.04 Å². The maximum Gasteiger partial charge on any atom is 0.123 e. The Kier molecular flexibility index (Phi) is 5.80. The molecule has 1 fully saturated rings. The van der Waals surface area contributed by atoms with Crippen LogP contribution in [0, 0.1) is 5.82 Å². The number of hydrogen-bond acceptors (Lipinski definition) is 2. The highest BCUT2D eigenvalue weighted by Gasteiger charge is 2.21. The Bertz CT molecular complexity index is 375. The average Bonchev–Trinajstić information content (AvgIpc) is 2.45. The molecule has 1 aromatic carbocycles. The summed E-state index contributed by atoms with van der Waals surface area (Å²) in [6, 6.07) is 7.52. The van der Waals surface area contributed by atoms with E-state index in [2.05, 4.69) is 23.2 Å². The first-order valence-electron chi connectivity index (χ1n) is 7.51. The molecule has 0 spiro atoms. The summed E-state index contributed by atoms with van der Waals surface area (Å²) in [5, 5.41) is 3.38. The summed E-state index contributed by atoms with van der Waals surface area (Å²) in [4.78, 5) is 2.50. The molecule has 1 N–H and O–H groups in total. The van der Waals surface area contributed by atoms with Crippen molar-refractivity contribution >= 4 is 0 Å². The van der Waals surface area contributed by atoms with Gasteiger partial charge in [0.2, 0.25) is 0 Å². The smallest absolute Gasteiger partial charge is 0.123 e. The predicted octanol–water partition coefficient (Wildman–Crippen LogP) is 3.35. The number of benzene rings is 1. The number of halogens is 1. The summed E-state index contributed by atoms with van der Waals surface area (Å²) >= 11 is 0. The van der Waals surface area contributed by atoms with E-state index in [1.165, 1.54) is 25.3 Å². The normalized spacial score (nSPS) is 18.4. The molecular formula is C16H25FN2. The molecule has 0 bridgehead atoms. The average molecular weight is 264 g/mol. The van der Waals surface area contributed by atoms with E-state index in [9.17, 15) is 4.39 Å². The minimum Gasteiger partial charge on any atom is -0.314 e. The Morgan fingerprint density at radius 1 is 1.26 bits per heavy atom. The Morgan fingerprint density at radius 2 is 2.05 bits per heavy atom. The van der Waals surface area contributed by atoms with Crippen molar-refractivity contribution in [1.29, 1.82) is 0 Å². The van der Waals surface area contributed by atoms with Crippen LogP contribution in [0.15, 0.2) is 24.3 Å². The number of hydrogen-bond donors (Lipinski definition) is 1. The van der Waals surface area contributed by atoms with E-state index in [-0.39, 0.29) is 5.82 Å². The van der Waals surface area contributed by atoms with E-state index in [1.54, 1.807) is 6.07 Å². The van der Waals surface area contributed by atoms with Crippen molar-refractivity contribution < 1.29 is 4.39 Å². The van der Waals surface area contributed by atoms with E-state index in [4.69, 9.17) is 0 Å². The summed E-state index contributed by atoms with van der Waals surface area (Å²) < 4.78 is 13.5. The molecule has 1 saturated heterocycles. The van der Waals surface area contributed by atoms with Crippen LogP contribution in [0.3, 0.4) is 0 Å². The summed E-state index contributed by atoms with van der Waals surface area (Å²) in [5.41, 5.74) is 1.14. The van der Waals surface area contributed by atoms with Crippen LogP contribution in [-0.2, 0) is 0 Å². The molecule has 3 heteroatoms. The molecule has 0 unspecified atom stereocenters. The second kappa shape index (κ2) is 7.61. The van der Waals surface area contributed by atoms with Crippen LogP contribution in [0.2, 0.25) is 0 Å². The molecule has 0 radical (unpaired) electrons. The zero-order valence-corrected chi connectivity index (χ0v) is 11.9. The fraction of sp³-hybridized carbons (Fsp3) is 0.625. The van der Waals surface area contributed by atoms with Gasteiger partial charge in [0.15, 0.2) is 0 Å². The molecule has 0 aromatic heterocycles. The first kappa shape index (κ1) is 14.5. The largest absolute Gasteiger partial charge is 0.314 e. The van der Waals surface area contributed by atoms with E-state index < -0.39 is 0 Å². The SMILES string of the molecule is CCCCC[C@H](c1cccc(F)c1)N1CCNCC1. The molecule has 0 saturated carbocycles. The number of nitrogens with one attached hydrogen (secondary N) is 1. The van der Waals surface area contributed by atoms with E-state index >= 15 is 0 Å². The van der Waals surface area contributed by atoms with Gasteiger partial charge in [-0.2, -0.15) is 0 Å². The van der Waals surface area contributed by atoms with Crippen LogP contribution in [-0.4, -0.2) is 31.1 Å². The molecule has 0 aliphatic carbocycles. The lowest BCUT2D eigenvalue weighted by molar-refractivity contribution is 0.162. The molecule has 2 rings (SSSR count). The third-order valence-corrected chi connectivity index (χ3v) is 3.91. The first-order chi connectivity index (χ1) is 9.31. The molecule has 0 amide bonds. The standard InChI is InChI=1S/C16H25FN2/c1-2-3-4-8-16(19-11-9-18-10-12-19)14-6-5-7-15(17)13-14/h5-7,13,16,18H,2-4,8-12H2,1H3/t16-/m1/s1. The van der Waals surface area contributed by atoms with Gasteiger partial charge in [0.25, 0.3) is 0 Å². The van der Waals surface area contributed by atoms with Crippen LogP contribution >= 0.6 is 0 Å². The van der Waals surface area contributed by atoms with Gasteiger partial charge in [-0.05, 0) is 24.1 Å². The van der Waals surface area contributed by atoms with Gasteiger partial charge in [0.05, 0.1) is 0 Å². The number of nitrogens with zero attached hydrogens (tertiary/aromatic N) is 1. The Hall–Kier alpha value is -0.930. The third-order valence-electron chi connectivity index (χ3n) is 3.91. The second-order valence-electron chi connectivity index (χ2n) is 5.35. The number of unbranched alkanes of at least 4 members (excludes halogenated alkanes) is 2. The highest BCUT2D eigenvalue weighted by molar-refractivity contribution is 5.20. The quantitative estimate of drug-likeness (QED) is 0.793. The molecule has 1 aromatic rings. The zero-order chi connectivity index (χ0) is 13.5. The fourth-order valence-electron chi connectivity index (χ4n) is 2.86.